The van der Waals surface area contributed by atoms with Crippen molar-refractivity contribution in [1.82, 2.24) is 5.32 Å². The van der Waals surface area contributed by atoms with E-state index in [4.69, 9.17) is 10.5 Å². The van der Waals surface area contributed by atoms with E-state index in [1.54, 1.807) is 0 Å². The summed E-state index contributed by atoms with van der Waals surface area (Å²) in [5.74, 6) is 0. The van der Waals surface area contributed by atoms with Crippen LogP contribution < -0.4 is 5.32 Å². The standard InChI is InChI=1S/C10H17N3S2/c1-3-9(14)7(5-11)13-8(6-12)10(15)4-2/h7-10,13-15H,3-4H2,1-2H3. The Morgan fingerprint density at radius 3 is 1.53 bits per heavy atom. The summed E-state index contributed by atoms with van der Waals surface area (Å²) in [7, 11) is 0. The molecule has 0 amide bonds. The zero-order chi connectivity index (χ0) is 11.8. The topological polar surface area (TPSA) is 59.6 Å². The van der Waals surface area contributed by atoms with Crippen LogP contribution in [0.4, 0.5) is 0 Å². The maximum absolute atomic E-state index is 8.93. The summed E-state index contributed by atoms with van der Waals surface area (Å²) >= 11 is 8.59. The number of hydrogen-bond donors (Lipinski definition) is 3. The molecule has 0 radical (unpaired) electrons. The molecule has 15 heavy (non-hydrogen) atoms. The van der Waals surface area contributed by atoms with Gasteiger partial charge in [-0.3, -0.25) is 5.32 Å². The average Bonchev–Trinajstić information content (AvgIpc) is 2.28. The predicted molar refractivity (Wildman–Crippen MR) is 68.1 cm³/mol. The van der Waals surface area contributed by atoms with Crippen molar-refractivity contribution in [2.45, 2.75) is 49.3 Å². The predicted octanol–water partition coefficient (Wildman–Crippen LogP) is 1.78. The third-order valence-electron chi connectivity index (χ3n) is 2.24. The van der Waals surface area contributed by atoms with Gasteiger partial charge < -0.3 is 0 Å². The molecule has 0 spiro atoms. The van der Waals surface area contributed by atoms with Gasteiger partial charge in [0, 0.05) is 10.5 Å². The highest BCUT2D eigenvalue weighted by atomic mass is 32.1. The van der Waals surface area contributed by atoms with Crippen LogP contribution in [0.2, 0.25) is 0 Å². The van der Waals surface area contributed by atoms with Crippen LogP contribution in [-0.2, 0) is 0 Å². The first kappa shape index (κ1) is 14.6. The maximum Gasteiger partial charge on any atom is 0.108 e. The molecule has 84 valence electrons. The Bertz CT molecular complexity index is 230. The second-order valence-corrected chi connectivity index (χ2v) is 4.66. The molecule has 0 aliphatic carbocycles. The number of thiol groups is 2. The SMILES string of the molecule is CCC(S)C(C#N)NC(C#N)C(S)CC. The fraction of sp³-hybridized carbons (Fsp3) is 0.800. The Morgan fingerprint density at radius 2 is 1.33 bits per heavy atom. The molecule has 0 bridgehead atoms. The van der Waals surface area contributed by atoms with E-state index in [1.165, 1.54) is 0 Å². The minimum Gasteiger partial charge on any atom is -0.285 e. The van der Waals surface area contributed by atoms with Crippen molar-refractivity contribution in [3.8, 4) is 12.1 Å². The van der Waals surface area contributed by atoms with Gasteiger partial charge in [-0.25, -0.2) is 0 Å². The Morgan fingerprint density at radius 1 is 1.00 bits per heavy atom. The summed E-state index contributed by atoms with van der Waals surface area (Å²) in [5, 5.41) is 20.7. The number of nitriles is 2. The minimum absolute atomic E-state index is 0.0526. The maximum atomic E-state index is 8.93. The van der Waals surface area contributed by atoms with E-state index in [0.29, 0.717) is 0 Å². The second-order valence-electron chi connectivity index (χ2n) is 3.33. The molecule has 0 heterocycles. The highest BCUT2D eigenvalue weighted by molar-refractivity contribution is 7.81. The quantitative estimate of drug-likeness (QED) is 0.623. The van der Waals surface area contributed by atoms with Crippen molar-refractivity contribution in [2.75, 3.05) is 0 Å². The lowest BCUT2D eigenvalue weighted by Crippen LogP contribution is -2.46. The minimum atomic E-state index is -0.399. The molecule has 0 aromatic rings. The van der Waals surface area contributed by atoms with E-state index >= 15 is 0 Å². The molecule has 0 saturated heterocycles. The van der Waals surface area contributed by atoms with E-state index < -0.39 is 12.1 Å². The van der Waals surface area contributed by atoms with Crippen molar-refractivity contribution in [3.63, 3.8) is 0 Å². The van der Waals surface area contributed by atoms with E-state index in [-0.39, 0.29) is 10.5 Å². The molecule has 0 saturated carbocycles. The third kappa shape index (κ3) is 4.79. The molecule has 3 nitrogen and oxygen atoms in total. The fourth-order valence-corrected chi connectivity index (χ4v) is 1.44. The second kappa shape index (κ2) is 7.87. The lowest BCUT2D eigenvalue weighted by atomic mass is 10.1. The Kier molecular flexibility index (Phi) is 7.68. The highest BCUT2D eigenvalue weighted by Crippen LogP contribution is 2.11. The summed E-state index contributed by atoms with van der Waals surface area (Å²) < 4.78 is 0. The van der Waals surface area contributed by atoms with Gasteiger partial charge in [-0.15, -0.1) is 0 Å². The van der Waals surface area contributed by atoms with Gasteiger partial charge in [-0.2, -0.15) is 35.8 Å². The Hall–Kier alpha value is -0.360. The van der Waals surface area contributed by atoms with E-state index in [1.807, 2.05) is 13.8 Å². The van der Waals surface area contributed by atoms with E-state index in [0.717, 1.165) is 12.8 Å². The first-order chi connectivity index (χ1) is 7.10. The zero-order valence-corrected chi connectivity index (χ0v) is 10.8. The molecule has 0 aromatic carbocycles. The molecule has 1 N–H and O–H groups in total. The molecule has 4 unspecified atom stereocenters. The highest BCUT2D eigenvalue weighted by Gasteiger charge is 2.23. The third-order valence-corrected chi connectivity index (χ3v) is 3.57. The Labute approximate surface area is 103 Å². The zero-order valence-electron chi connectivity index (χ0n) is 9.01. The molecule has 0 rings (SSSR count). The van der Waals surface area contributed by atoms with E-state index in [9.17, 15) is 0 Å². The molecule has 4 atom stereocenters. The van der Waals surface area contributed by atoms with Gasteiger partial charge in [-0.1, -0.05) is 13.8 Å². The van der Waals surface area contributed by atoms with Crippen LogP contribution in [0.25, 0.3) is 0 Å². The van der Waals surface area contributed by atoms with Gasteiger partial charge >= 0.3 is 0 Å². The van der Waals surface area contributed by atoms with Crippen LogP contribution in [0.5, 0.6) is 0 Å². The van der Waals surface area contributed by atoms with Gasteiger partial charge in [0.2, 0.25) is 0 Å². The van der Waals surface area contributed by atoms with Crippen molar-refractivity contribution in [1.29, 1.82) is 10.5 Å². The van der Waals surface area contributed by atoms with Crippen molar-refractivity contribution >= 4 is 25.3 Å². The summed E-state index contributed by atoms with van der Waals surface area (Å²) in [4.78, 5) is 0. The van der Waals surface area contributed by atoms with Gasteiger partial charge in [0.05, 0.1) is 12.1 Å². The van der Waals surface area contributed by atoms with Gasteiger partial charge in [0.15, 0.2) is 0 Å². The summed E-state index contributed by atoms with van der Waals surface area (Å²) in [6.07, 6.45) is 1.58. The fourth-order valence-electron chi connectivity index (χ4n) is 1.13. The summed E-state index contributed by atoms with van der Waals surface area (Å²) in [6.45, 7) is 3.92. The van der Waals surface area contributed by atoms with Crippen molar-refractivity contribution in [2.24, 2.45) is 0 Å². The number of hydrogen-bond acceptors (Lipinski definition) is 5. The summed E-state index contributed by atoms with van der Waals surface area (Å²) in [5.41, 5.74) is 0. The van der Waals surface area contributed by atoms with Crippen LogP contribution in [0, 0.1) is 22.7 Å². The number of rotatable bonds is 6. The van der Waals surface area contributed by atoms with Crippen LogP contribution in [-0.4, -0.2) is 22.6 Å². The lowest BCUT2D eigenvalue weighted by Gasteiger charge is -2.23. The molecule has 0 aromatic heterocycles. The lowest BCUT2D eigenvalue weighted by molar-refractivity contribution is 0.506. The first-order valence-electron chi connectivity index (χ1n) is 5.02. The molecular weight excluding hydrogens is 226 g/mol. The first-order valence-corrected chi connectivity index (χ1v) is 6.05. The molecule has 0 aliphatic heterocycles. The molecular formula is C10H17N3S2. The normalized spacial score (nSPS) is 18.3. The largest absolute Gasteiger partial charge is 0.285 e. The summed E-state index contributed by atoms with van der Waals surface area (Å²) in [6, 6.07) is 3.45. The number of nitrogens with zero attached hydrogens (tertiary/aromatic N) is 2. The van der Waals surface area contributed by atoms with Crippen LogP contribution in [0.1, 0.15) is 26.7 Å². The van der Waals surface area contributed by atoms with Gasteiger partial charge in [0.25, 0.3) is 0 Å². The monoisotopic (exact) mass is 243 g/mol. The number of nitrogens with one attached hydrogen (secondary N) is 1. The Balaban J connectivity index is 4.40. The van der Waals surface area contributed by atoms with Crippen molar-refractivity contribution < 1.29 is 0 Å². The van der Waals surface area contributed by atoms with Gasteiger partial charge in [0.1, 0.15) is 12.1 Å². The molecule has 0 fully saturated rings. The van der Waals surface area contributed by atoms with Gasteiger partial charge in [-0.05, 0) is 12.8 Å². The van der Waals surface area contributed by atoms with Crippen LogP contribution >= 0.6 is 25.3 Å². The smallest absolute Gasteiger partial charge is 0.108 e. The van der Waals surface area contributed by atoms with E-state index in [2.05, 4.69) is 42.7 Å². The van der Waals surface area contributed by atoms with Crippen LogP contribution in [0.3, 0.4) is 0 Å². The van der Waals surface area contributed by atoms with Crippen LogP contribution in [0.15, 0.2) is 0 Å². The molecule has 5 heteroatoms. The average molecular weight is 243 g/mol. The molecule has 0 aliphatic rings. The van der Waals surface area contributed by atoms with Crippen molar-refractivity contribution in [3.05, 3.63) is 0 Å².